The molecule has 9 nitrogen and oxygen atoms in total. The van der Waals surface area contributed by atoms with Crippen LogP contribution < -0.4 is 21.9 Å². The van der Waals surface area contributed by atoms with Gasteiger partial charge in [0.1, 0.15) is 35.0 Å². The van der Waals surface area contributed by atoms with E-state index in [-0.39, 0.29) is 33.4 Å². The molecule has 0 fully saturated rings. The number of hydrogen-bond donors (Lipinski definition) is 3. The third kappa shape index (κ3) is 4.55. The largest absolute Gasteiger partial charge is 0.507 e. The Morgan fingerprint density at radius 1 is 1.00 bits per heavy atom. The lowest BCUT2D eigenvalue weighted by Gasteiger charge is -2.20. The molecule has 2 heterocycles. The van der Waals surface area contributed by atoms with E-state index in [2.05, 4.69) is 0 Å². The van der Waals surface area contributed by atoms with E-state index in [1.807, 2.05) is 27.7 Å². The Bertz CT molecular complexity index is 1610. The Hall–Kier alpha value is -3.85. The number of fused-ring (bicyclic) bond motifs is 2. The van der Waals surface area contributed by atoms with Crippen LogP contribution in [0, 0.1) is 5.92 Å². The van der Waals surface area contributed by atoms with Crippen molar-refractivity contribution in [2.24, 2.45) is 5.92 Å². The van der Waals surface area contributed by atoms with Crippen LogP contribution in [0.3, 0.4) is 0 Å². The number of benzene rings is 1. The molecule has 3 aromatic rings. The van der Waals surface area contributed by atoms with Crippen LogP contribution >= 0.6 is 0 Å². The van der Waals surface area contributed by atoms with E-state index >= 15 is 0 Å². The molecule has 0 radical (unpaired) electrons. The minimum Gasteiger partial charge on any atom is -0.507 e. The van der Waals surface area contributed by atoms with Gasteiger partial charge in [0.05, 0.1) is 28.3 Å². The summed E-state index contributed by atoms with van der Waals surface area (Å²) in [6.07, 6.45) is 2.90. The molecule has 4 rings (SSSR count). The standard InChI is InChI=1S/C28H30O9/c1-13(2)15-7-5-9-17-22(30)20(27(33)36-24(15)17)19(26(32)35-12-11-29)21-23(31)18-10-6-8-16(14(3)4)25(18)37-28(21)34/h5,7,9-10,13-14,19,29-31H,6,8,11-12H2,1-4H3. The number of esters is 1. The van der Waals surface area contributed by atoms with Gasteiger partial charge >= 0.3 is 17.2 Å². The second-order valence-electron chi connectivity index (χ2n) is 9.67. The van der Waals surface area contributed by atoms with Crippen LogP contribution in [0.5, 0.6) is 11.5 Å². The van der Waals surface area contributed by atoms with Crippen molar-refractivity contribution in [2.75, 3.05) is 13.2 Å². The predicted molar refractivity (Wildman–Crippen MR) is 136 cm³/mol. The highest BCUT2D eigenvalue weighted by molar-refractivity contribution is 5.91. The van der Waals surface area contributed by atoms with E-state index < -0.39 is 59.0 Å². The maximum absolute atomic E-state index is 13.3. The van der Waals surface area contributed by atoms with Crippen molar-refractivity contribution in [3.05, 3.63) is 66.4 Å². The molecule has 0 saturated heterocycles. The monoisotopic (exact) mass is 510 g/mol. The molecule has 2 aromatic heterocycles. The van der Waals surface area contributed by atoms with Gasteiger partial charge in [0.15, 0.2) is 0 Å². The summed E-state index contributed by atoms with van der Waals surface area (Å²) in [7, 11) is 0. The summed E-state index contributed by atoms with van der Waals surface area (Å²) >= 11 is 0. The Labute approximate surface area is 211 Å². The molecule has 0 amide bonds. The number of aliphatic hydroxyl groups is 1. The van der Waals surface area contributed by atoms with Crippen molar-refractivity contribution < 1.29 is 33.7 Å². The second-order valence-corrected chi connectivity index (χ2v) is 9.67. The van der Waals surface area contributed by atoms with Gasteiger partial charge in [-0.25, -0.2) is 9.59 Å². The van der Waals surface area contributed by atoms with E-state index in [0.29, 0.717) is 18.4 Å². The zero-order valence-corrected chi connectivity index (χ0v) is 21.2. The first kappa shape index (κ1) is 26.2. The van der Waals surface area contributed by atoms with Crippen molar-refractivity contribution >= 4 is 28.6 Å². The molecule has 1 aliphatic rings. The van der Waals surface area contributed by atoms with Gasteiger partial charge in [0.25, 0.3) is 0 Å². The molecule has 37 heavy (non-hydrogen) atoms. The van der Waals surface area contributed by atoms with Crippen molar-refractivity contribution in [3.8, 4) is 11.5 Å². The molecule has 0 aliphatic heterocycles. The first-order valence-corrected chi connectivity index (χ1v) is 12.2. The quantitative estimate of drug-likeness (QED) is 0.322. The third-order valence-electron chi connectivity index (χ3n) is 6.66. The van der Waals surface area contributed by atoms with Crippen molar-refractivity contribution in [1.82, 2.24) is 0 Å². The maximum Gasteiger partial charge on any atom is 0.344 e. The Morgan fingerprint density at radius 2 is 1.68 bits per heavy atom. The molecule has 1 atom stereocenters. The van der Waals surface area contributed by atoms with Gasteiger partial charge in [-0.3, -0.25) is 4.79 Å². The number of para-hydroxylation sites is 1. The van der Waals surface area contributed by atoms with E-state index in [9.17, 15) is 29.7 Å². The smallest absolute Gasteiger partial charge is 0.344 e. The van der Waals surface area contributed by atoms with E-state index in [0.717, 1.165) is 5.57 Å². The highest BCUT2D eigenvalue weighted by atomic mass is 16.5. The average Bonchev–Trinajstić information content (AvgIpc) is 2.85. The van der Waals surface area contributed by atoms with Crippen molar-refractivity contribution in [3.63, 3.8) is 0 Å². The summed E-state index contributed by atoms with van der Waals surface area (Å²) in [6.45, 7) is 6.72. The molecule has 3 N–H and O–H groups in total. The van der Waals surface area contributed by atoms with Crippen LogP contribution in [0.1, 0.15) is 69.1 Å². The van der Waals surface area contributed by atoms with Crippen LogP contribution in [0.15, 0.2) is 36.6 Å². The van der Waals surface area contributed by atoms with Crippen molar-refractivity contribution in [2.45, 2.75) is 52.4 Å². The molecule has 0 spiro atoms. The average molecular weight is 511 g/mol. The van der Waals surface area contributed by atoms with Crippen LogP contribution in [-0.2, 0) is 9.53 Å². The molecule has 9 heteroatoms. The number of rotatable bonds is 7. The minimum absolute atomic E-state index is 0.0397. The predicted octanol–water partition coefficient (Wildman–Crippen LogP) is 2.33. The van der Waals surface area contributed by atoms with Crippen LogP contribution in [0.2, 0.25) is 0 Å². The number of carbonyl (C=O) groups is 1. The molecule has 1 aliphatic carbocycles. The molecule has 196 valence electrons. The molecule has 0 saturated carbocycles. The lowest BCUT2D eigenvalue weighted by atomic mass is 9.88. The fraction of sp³-hybridized carbons (Fsp3) is 0.393. The molecular formula is C28H30O9. The van der Waals surface area contributed by atoms with Gasteiger partial charge in [-0.2, -0.15) is 0 Å². The fourth-order valence-corrected chi connectivity index (χ4v) is 4.83. The molecule has 0 bridgehead atoms. The van der Waals surface area contributed by atoms with E-state index in [1.54, 1.807) is 18.2 Å². The summed E-state index contributed by atoms with van der Waals surface area (Å²) in [4.78, 5) is 39.8. The molecule has 1 aromatic carbocycles. The maximum atomic E-state index is 13.3. The zero-order chi connectivity index (χ0) is 27.0. The van der Waals surface area contributed by atoms with E-state index in [1.165, 1.54) is 6.07 Å². The lowest BCUT2D eigenvalue weighted by Crippen LogP contribution is -2.39. The number of hydrogen-bond acceptors (Lipinski definition) is 9. The number of aromatic hydroxyl groups is 2. The van der Waals surface area contributed by atoms with E-state index in [4.69, 9.17) is 13.6 Å². The topological polar surface area (TPSA) is 147 Å². The van der Waals surface area contributed by atoms with Gasteiger partial charge in [-0.05, 0) is 41.9 Å². The first-order chi connectivity index (χ1) is 17.6. The SMILES string of the molecule is CC(C)C1=c2oc(=O)c(C(C(=O)OCCO)c3c(O)c4cccc(C(C)C)c4oc3=O)c(O)c2=CCC1. The van der Waals surface area contributed by atoms with Crippen LogP contribution in [0.4, 0.5) is 0 Å². The lowest BCUT2D eigenvalue weighted by molar-refractivity contribution is -0.145. The zero-order valence-electron chi connectivity index (χ0n) is 21.2. The number of ether oxygens (including phenoxy) is 1. The Kier molecular flexibility index (Phi) is 7.27. The summed E-state index contributed by atoms with van der Waals surface area (Å²) in [5.74, 6) is -4.12. The highest BCUT2D eigenvalue weighted by Gasteiger charge is 2.38. The van der Waals surface area contributed by atoms with Gasteiger partial charge in [-0.15, -0.1) is 0 Å². The highest BCUT2D eigenvalue weighted by Crippen LogP contribution is 2.38. The number of aliphatic hydroxyl groups excluding tert-OH is 1. The van der Waals surface area contributed by atoms with Crippen LogP contribution in [-0.4, -0.2) is 34.5 Å². The summed E-state index contributed by atoms with van der Waals surface area (Å²) in [5, 5.41) is 32.1. The fourth-order valence-electron chi connectivity index (χ4n) is 4.83. The van der Waals surface area contributed by atoms with Crippen LogP contribution in [0.25, 0.3) is 22.6 Å². The van der Waals surface area contributed by atoms with Gasteiger partial charge in [0.2, 0.25) is 0 Å². The second kappa shape index (κ2) is 10.3. The number of carbonyl (C=O) groups excluding carboxylic acids is 1. The Morgan fingerprint density at radius 3 is 2.32 bits per heavy atom. The first-order valence-electron chi connectivity index (χ1n) is 12.2. The molecular weight excluding hydrogens is 480 g/mol. The summed E-state index contributed by atoms with van der Waals surface area (Å²) < 4.78 is 16.2. The molecule has 1 unspecified atom stereocenters. The van der Waals surface area contributed by atoms with Gasteiger partial charge < -0.3 is 28.9 Å². The minimum atomic E-state index is -1.87. The summed E-state index contributed by atoms with van der Waals surface area (Å²) in [5.41, 5.74) is -1.36. The normalized spacial score (nSPS) is 14.1. The Balaban J connectivity index is 2.08. The van der Waals surface area contributed by atoms with Gasteiger partial charge in [0, 0.05) is 0 Å². The summed E-state index contributed by atoms with van der Waals surface area (Å²) in [6, 6.07) is 4.94. The third-order valence-corrected chi connectivity index (χ3v) is 6.66. The van der Waals surface area contributed by atoms with Crippen molar-refractivity contribution in [1.29, 1.82) is 0 Å². The van der Waals surface area contributed by atoms with Gasteiger partial charge in [-0.1, -0.05) is 45.9 Å².